The monoisotopic (exact) mass is 469 g/mol. The Bertz CT molecular complexity index is 1160. The number of carbonyl (C=O) groups excluding carboxylic acids is 3. The Morgan fingerprint density at radius 1 is 0.939 bits per heavy atom. The predicted octanol–water partition coefficient (Wildman–Crippen LogP) is 4.10. The van der Waals surface area contributed by atoms with Crippen molar-refractivity contribution in [3.05, 3.63) is 81.2 Å². The van der Waals surface area contributed by atoms with Gasteiger partial charge >= 0.3 is 11.0 Å². The van der Waals surface area contributed by atoms with Gasteiger partial charge in [0, 0.05) is 23.0 Å². The van der Waals surface area contributed by atoms with Crippen molar-refractivity contribution < 1.29 is 28.8 Å². The number of anilines is 2. The van der Waals surface area contributed by atoms with Gasteiger partial charge in [-0.05, 0) is 61.5 Å². The number of nitrogens with zero attached hydrogens (tertiary/aromatic N) is 1. The van der Waals surface area contributed by atoms with Crippen LogP contribution < -0.4 is 15.4 Å². The van der Waals surface area contributed by atoms with Crippen LogP contribution in [0.25, 0.3) is 0 Å². The highest BCUT2D eigenvalue weighted by molar-refractivity contribution is 7.17. The SMILES string of the molecule is CCOc1ccc(NC(=O)c2ccc(NC(=O)COC(=O)c3ccc([N+](=O)[O-])s3)cc2)cc1. The molecule has 0 aliphatic heterocycles. The molecular weight excluding hydrogens is 450 g/mol. The summed E-state index contributed by atoms with van der Waals surface area (Å²) in [5.74, 6) is -1.04. The average molecular weight is 469 g/mol. The normalized spacial score (nSPS) is 10.2. The molecule has 2 aromatic carbocycles. The number of rotatable bonds is 9. The minimum atomic E-state index is -0.829. The Kier molecular flexibility index (Phi) is 7.71. The molecule has 0 aliphatic rings. The first kappa shape index (κ1) is 23.4. The van der Waals surface area contributed by atoms with Crippen molar-refractivity contribution in [2.75, 3.05) is 23.8 Å². The number of carbonyl (C=O) groups is 3. The molecule has 11 heteroatoms. The molecule has 170 valence electrons. The van der Waals surface area contributed by atoms with Gasteiger partial charge in [-0.3, -0.25) is 19.7 Å². The Morgan fingerprint density at radius 2 is 1.58 bits per heavy atom. The molecular formula is C22H19N3O7S. The topological polar surface area (TPSA) is 137 Å². The molecule has 1 heterocycles. The number of thiophene rings is 1. The summed E-state index contributed by atoms with van der Waals surface area (Å²) in [5.41, 5.74) is 1.40. The van der Waals surface area contributed by atoms with Crippen molar-refractivity contribution in [1.29, 1.82) is 0 Å². The Labute approximate surface area is 192 Å². The van der Waals surface area contributed by atoms with Crippen molar-refractivity contribution in [3.63, 3.8) is 0 Å². The molecule has 0 fully saturated rings. The predicted molar refractivity (Wildman–Crippen MR) is 122 cm³/mol. The second-order valence-electron chi connectivity index (χ2n) is 6.51. The van der Waals surface area contributed by atoms with Crippen LogP contribution in [0.1, 0.15) is 27.0 Å². The Hall–Kier alpha value is -4.25. The van der Waals surface area contributed by atoms with Crippen molar-refractivity contribution in [2.45, 2.75) is 6.92 Å². The van der Waals surface area contributed by atoms with Crippen LogP contribution in [0.4, 0.5) is 16.4 Å². The third-order valence-corrected chi connectivity index (χ3v) is 5.18. The van der Waals surface area contributed by atoms with Gasteiger partial charge in [0.25, 0.3) is 11.8 Å². The Morgan fingerprint density at radius 3 is 2.18 bits per heavy atom. The van der Waals surface area contributed by atoms with Gasteiger partial charge in [0.15, 0.2) is 6.61 Å². The fourth-order valence-corrected chi connectivity index (χ4v) is 3.36. The van der Waals surface area contributed by atoms with Crippen LogP contribution in [0, 0.1) is 10.1 Å². The van der Waals surface area contributed by atoms with E-state index in [9.17, 15) is 24.5 Å². The molecule has 0 unspecified atom stereocenters. The molecule has 10 nitrogen and oxygen atoms in total. The van der Waals surface area contributed by atoms with E-state index in [-0.39, 0.29) is 15.8 Å². The number of nitro groups is 1. The first-order chi connectivity index (χ1) is 15.9. The summed E-state index contributed by atoms with van der Waals surface area (Å²) >= 11 is 0.663. The van der Waals surface area contributed by atoms with Gasteiger partial charge in [0.1, 0.15) is 10.6 Å². The van der Waals surface area contributed by atoms with Crippen LogP contribution >= 0.6 is 11.3 Å². The molecule has 2 N–H and O–H groups in total. The van der Waals surface area contributed by atoms with Gasteiger partial charge in [-0.15, -0.1) is 0 Å². The number of esters is 1. The van der Waals surface area contributed by atoms with Crippen LogP contribution in [0.3, 0.4) is 0 Å². The van der Waals surface area contributed by atoms with Gasteiger partial charge in [-0.1, -0.05) is 11.3 Å². The summed E-state index contributed by atoms with van der Waals surface area (Å²) in [5, 5.41) is 15.8. The number of ether oxygens (including phenoxy) is 2. The van der Waals surface area contributed by atoms with Gasteiger partial charge in [-0.2, -0.15) is 0 Å². The lowest BCUT2D eigenvalue weighted by Gasteiger charge is -2.09. The molecule has 2 amide bonds. The fourth-order valence-electron chi connectivity index (χ4n) is 2.64. The number of amides is 2. The maximum Gasteiger partial charge on any atom is 0.349 e. The zero-order valence-electron chi connectivity index (χ0n) is 17.4. The van der Waals surface area contributed by atoms with Crippen LogP contribution in [0.2, 0.25) is 0 Å². The van der Waals surface area contributed by atoms with E-state index >= 15 is 0 Å². The quantitative estimate of drug-likeness (QED) is 0.273. The highest BCUT2D eigenvalue weighted by atomic mass is 32.1. The largest absolute Gasteiger partial charge is 0.494 e. The van der Waals surface area contributed by atoms with Gasteiger partial charge in [0.2, 0.25) is 0 Å². The summed E-state index contributed by atoms with van der Waals surface area (Å²) in [4.78, 5) is 46.4. The maximum absolute atomic E-state index is 12.4. The molecule has 1 aromatic heterocycles. The van der Waals surface area contributed by atoms with Crippen LogP contribution in [-0.4, -0.2) is 35.9 Å². The lowest BCUT2D eigenvalue weighted by Crippen LogP contribution is -2.20. The number of hydrogen-bond acceptors (Lipinski definition) is 8. The molecule has 0 saturated carbocycles. The second-order valence-corrected chi connectivity index (χ2v) is 7.57. The van der Waals surface area contributed by atoms with E-state index in [2.05, 4.69) is 10.6 Å². The van der Waals surface area contributed by atoms with Crippen molar-refractivity contribution in [2.24, 2.45) is 0 Å². The molecule has 0 radical (unpaired) electrons. The van der Waals surface area contributed by atoms with Crippen LogP contribution in [-0.2, 0) is 9.53 Å². The number of nitrogens with one attached hydrogen (secondary N) is 2. The summed E-state index contributed by atoms with van der Waals surface area (Å²) in [7, 11) is 0. The van der Waals surface area contributed by atoms with E-state index < -0.39 is 23.4 Å². The molecule has 0 spiro atoms. The molecule has 0 bridgehead atoms. The van der Waals surface area contributed by atoms with E-state index in [1.807, 2.05) is 6.92 Å². The average Bonchev–Trinajstić information content (AvgIpc) is 3.30. The van der Waals surface area contributed by atoms with Gasteiger partial charge in [-0.25, -0.2) is 4.79 Å². The van der Waals surface area contributed by atoms with Crippen LogP contribution in [0.5, 0.6) is 5.75 Å². The smallest absolute Gasteiger partial charge is 0.349 e. The molecule has 3 rings (SSSR count). The second kappa shape index (κ2) is 10.9. The summed E-state index contributed by atoms with van der Waals surface area (Å²) in [6, 6.07) is 15.6. The van der Waals surface area contributed by atoms with Crippen molar-refractivity contribution in [3.8, 4) is 5.75 Å². The highest BCUT2D eigenvalue weighted by Gasteiger charge is 2.17. The zero-order chi connectivity index (χ0) is 23.8. The van der Waals surface area contributed by atoms with E-state index in [0.717, 1.165) is 0 Å². The van der Waals surface area contributed by atoms with Gasteiger partial charge in [0.05, 0.1) is 11.5 Å². The fraction of sp³-hybridized carbons (Fsp3) is 0.136. The van der Waals surface area contributed by atoms with Crippen molar-refractivity contribution in [1.82, 2.24) is 0 Å². The maximum atomic E-state index is 12.4. The van der Waals surface area contributed by atoms with Gasteiger partial charge < -0.3 is 20.1 Å². The molecule has 0 aliphatic carbocycles. The van der Waals surface area contributed by atoms with Crippen LogP contribution in [0.15, 0.2) is 60.7 Å². The molecule has 0 saturated heterocycles. The number of hydrogen-bond donors (Lipinski definition) is 2. The van der Waals surface area contributed by atoms with E-state index in [1.165, 1.54) is 36.4 Å². The minimum absolute atomic E-state index is 0.0254. The minimum Gasteiger partial charge on any atom is -0.494 e. The van der Waals surface area contributed by atoms with E-state index in [1.54, 1.807) is 24.3 Å². The lowest BCUT2D eigenvalue weighted by molar-refractivity contribution is -0.380. The van der Waals surface area contributed by atoms with Crippen molar-refractivity contribution >= 4 is 45.5 Å². The third-order valence-electron chi connectivity index (χ3n) is 4.16. The van der Waals surface area contributed by atoms with E-state index in [0.29, 0.717) is 40.6 Å². The standard InChI is InChI=1S/C22H19N3O7S/c1-2-31-17-9-7-16(8-10-17)24-21(27)14-3-5-15(6-4-14)23-19(26)13-32-22(28)18-11-12-20(33-18)25(29)30/h3-12H,2,13H2,1H3,(H,23,26)(H,24,27). The molecule has 0 atom stereocenters. The highest BCUT2D eigenvalue weighted by Crippen LogP contribution is 2.24. The first-order valence-electron chi connectivity index (χ1n) is 9.71. The first-order valence-corrected chi connectivity index (χ1v) is 10.5. The third kappa shape index (κ3) is 6.61. The summed E-state index contributed by atoms with van der Waals surface area (Å²) in [6.07, 6.45) is 0. The molecule has 33 heavy (non-hydrogen) atoms. The zero-order valence-corrected chi connectivity index (χ0v) is 18.2. The van der Waals surface area contributed by atoms with E-state index in [4.69, 9.17) is 9.47 Å². The molecule has 3 aromatic rings. The lowest BCUT2D eigenvalue weighted by atomic mass is 10.2. The Balaban J connectivity index is 1.48. The number of benzene rings is 2. The summed E-state index contributed by atoms with van der Waals surface area (Å²) < 4.78 is 10.2. The summed E-state index contributed by atoms with van der Waals surface area (Å²) in [6.45, 7) is 1.87.